The number of unbranched alkanes of at least 4 members (excludes halogenated alkanes) is 8. The summed E-state index contributed by atoms with van der Waals surface area (Å²) in [7, 11) is 0. The highest BCUT2D eigenvalue weighted by atomic mass is 16.4. The minimum Gasteiger partial charge on any atom is -0.459 e. The van der Waals surface area contributed by atoms with E-state index < -0.39 is 0 Å². The van der Waals surface area contributed by atoms with Gasteiger partial charge in [0.15, 0.2) is 5.76 Å². The third-order valence-electron chi connectivity index (χ3n) is 5.08. The van der Waals surface area contributed by atoms with Crippen molar-refractivity contribution in [3.63, 3.8) is 0 Å². The predicted octanol–water partition coefficient (Wildman–Crippen LogP) is 6.86. The van der Waals surface area contributed by atoms with Crippen LogP contribution >= 0.6 is 0 Å². The van der Waals surface area contributed by atoms with Crippen molar-refractivity contribution >= 4 is 11.6 Å². The summed E-state index contributed by atoms with van der Waals surface area (Å²) < 4.78 is 10.9. The Balaban J connectivity index is 1.36. The molecule has 0 saturated heterocycles. The van der Waals surface area contributed by atoms with Crippen LogP contribution in [0.1, 0.15) is 71.1 Å². The first kappa shape index (κ1) is 21.8. The highest BCUT2D eigenvalue weighted by molar-refractivity contribution is 5.90. The third-order valence-corrected chi connectivity index (χ3v) is 5.08. The minimum atomic E-state index is 0.0589. The second-order valence-corrected chi connectivity index (χ2v) is 7.59. The molecular formula is C24H31N3O3. The van der Waals surface area contributed by atoms with Gasteiger partial charge in [-0.15, -0.1) is 10.2 Å². The molecule has 0 radical (unpaired) electrons. The number of amides is 1. The lowest BCUT2D eigenvalue weighted by Crippen LogP contribution is -2.10. The van der Waals surface area contributed by atoms with Crippen LogP contribution in [0.5, 0.6) is 0 Å². The third kappa shape index (κ3) is 6.87. The quantitative estimate of drug-likeness (QED) is 0.312. The molecule has 0 aliphatic heterocycles. The van der Waals surface area contributed by atoms with Crippen molar-refractivity contribution in [1.29, 1.82) is 0 Å². The SMILES string of the molecule is CCCCCCCCCCCC(=O)Nc1ccc(-c2nnc(-c3ccco3)o2)cc1. The van der Waals surface area contributed by atoms with Crippen LogP contribution in [0.2, 0.25) is 0 Å². The maximum absolute atomic E-state index is 12.1. The van der Waals surface area contributed by atoms with E-state index in [1.807, 2.05) is 24.3 Å². The van der Waals surface area contributed by atoms with Gasteiger partial charge >= 0.3 is 0 Å². The number of nitrogens with one attached hydrogen (secondary N) is 1. The summed E-state index contributed by atoms with van der Waals surface area (Å²) in [5.74, 6) is 1.35. The molecule has 0 unspecified atom stereocenters. The van der Waals surface area contributed by atoms with Crippen molar-refractivity contribution in [3.8, 4) is 23.1 Å². The summed E-state index contributed by atoms with van der Waals surface area (Å²) in [6.45, 7) is 2.24. The Morgan fingerprint density at radius 1 is 0.867 bits per heavy atom. The van der Waals surface area contributed by atoms with Gasteiger partial charge in [-0.3, -0.25) is 4.79 Å². The van der Waals surface area contributed by atoms with Crippen LogP contribution in [0.4, 0.5) is 5.69 Å². The number of carbonyl (C=O) groups is 1. The highest BCUT2D eigenvalue weighted by Crippen LogP contribution is 2.25. The van der Waals surface area contributed by atoms with E-state index in [2.05, 4.69) is 22.4 Å². The molecule has 6 heteroatoms. The lowest BCUT2D eigenvalue weighted by atomic mass is 10.1. The van der Waals surface area contributed by atoms with Crippen molar-refractivity contribution in [1.82, 2.24) is 10.2 Å². The molecule has 1 aromatic carbocycles. The van der Waals surface area contributed by atoms with Gasteiger partial charge in [0.25, 0.3) is 5.89 Å². The number of benzene rings is 1. The first-order chi connectivity index (χ1) is 14.8. The Hall–Kier alpha value is -2.89. The molecule has 0 atom stereocenters. The van der Waals surface area contributed by atoms with Gasteiger partial charge in [-0.2, -0.15) is 0 Å². The van der Waals surface area contributed by atoms with Crippen molar-refractivity contribution in [2.75, 3.05) is 5.32 Å². The van der Waals surface area contributed by atoms with Gasteiger partial charge in [-0.25, -0.2) is 0 Å². The van der Waals surface area contributed by atoms with Crippen molar-refractivity contribution in [2.24, 2.45) is 0 Å². The first-order valence-electron chi connectivity index (χ1n) is 11.0. The second kappa shape index (κ2) is 12.0. The summed E-state index contributed by atoms with van der Waals surface area (Å²) in [6.07, 6.45) is 13.4. The van der Waals surface area contributed by atoms with Gasteiger partial charge in [-0.1, -0.05) is 58.3 Å². The molecule has 0 fully saturated rings. The molecule has 2 aromatic heterocycles. The monoisotopic (exact) mass is 409 g/mol. The maximum atomic E-state index is 12.1. The van der Waals surface area contributed by atoms with Crippen LogP contribution in [0.3, 0.4) is 0 Å². The Bertz CT molecular complexity index is 870. The largest absolute Gasteiger partial charge is 0.459 e. The zero-order chi connectivity index (χ0) is 21.0. The number of furan rings is 1. The Morgan fingerprint density at radius 3 is 2.20 bits per heavy atom. The molecule has 3 aromatic rings. The zero-order valence-corrected chi connectivity index (χ0v) is 17.7. The van der Waals surface area contributed by atoms with Crippen molar-refractivity contribution in [2.45, 2.75) is 71.1 Å². The van der Waals surface area contributed by atoms with E-state index in [1.54, 1.807) is 18.4 Å². The van der Waals surface area contributed by atoms with Crippen LogP contribution < -0.4 is 5.32 Å². The molecule has 3 rings (SSSR count). The summed E-state index contributed by atoms with van der Waals surface area (Å²) in [5, 5.41) is 11.0. The second-order valence-electron chi connectivity index (χ2n) is 7.59. The first-order valence-corrected chi connectivity index (χ1v) is 11.0. The van der Waals surface area contributed by atoms with Crippen LogP contribution in [-0.4, -0.2) is 16.1 Å². The van der Waals surface area contributed by atoms with E-state index in [4.69, 9.17) is 8.83 Å². The predicted molar refractivity (Wildman–Crippen MR) is 118 cm³/mol. The number of anilines is 1. The number of hydrogen-bond donors (Lipinski definition) is 1. The number of aromatic nitrogens is 2. The Kier molecular flexibility index (Phi) is 8.69. The Labute approximate surface area is 178 Å². The fourth-order valence-corrected chi connectivity index (χ4v) is 3.36. The molecule has 1 N–H and O–H groups in total. The fourth-order valence-electron chi connectivity index (χ4n) is 3.36. The smallest absolute Gasteiger partial charge is 0.283 e. The van der Waals surface area contributed by atoms with Crippen LogP contribution in [-0.2, 0) is 4.79 Å². The van der Waals surface area contributed by atoms with Crippen molar-refractivity contribution < 1.29 is 13.6 Å². The molecule has 2 heterocycles. The van der Waals surface area contributed by atoms with Gasteiger partial charge in [0, 0.05) is 17.7 Å². The van der Waals surface area contributed by atoms with E-state index in [1.165, 1.54) is 44.9 Å². The van der Waals surface area contributed by atoms with E-state index in [0.717, 1.165) is 24.1 Å². The topological polar surface area (TPSA) is 81.2 Å². The molecule has 0 aliphatic carbocycles. The van der Waals surface area contributed by atoms with Gasteiger partial charge in [0.2, 0.25) is 11.8 Å². The fraction of sp³-hybridized carbons (Fsp3) is 0.458. The minimum absolute atomic E-state index is 0.0589. The molecule has 6 nitrogen and oxygen atoms in total. The number of carbonyl (C=O) groups excluding carboxylic acids is 1. The average Bonchev–Trinajstić information content (AvgIpc) is 3.45. The summed E-state index contributed by atoms with van der Waals surface area (Å²) >= 11 is 0. The normalized spacial score (nSPS) is 11.0. The van der Waals surface area contributed by atoms with Crippen molar-refractivity contribution in [3.05, 3.63) is 42.7 Å². The van der Waals surface area contributed by atoms with E-state index in [0.29, 0.717) is 24.0 Å². The van der Waals surface area contributed by atoms with Gasteiger partial charge < -0.3 is 14.2 Å². The lowest BCUT2D eigenvalue weighted by molar-refractivity contribution is -0.116. The lowest BCUT2D eigenvalue weighted by Gasteiger charge is -2.06. The van der Waals surface area contributed by atoms with Crippen LogP contribution in [0, 0.1) is 0 Å². The van der Waals surface area contributed by atoms with E-state index >= 15 is 0 Å². The molecular weight excluding hydrogens is 378 g/mol. The molecule has 0 bridgehead atoms. The van der Waals surface area contributed by atoms with E-state index in [9.17, 15) is 4.79 Å². The van der Waals surface area contributed by atoms with E-state index in [-0.39, 0.29) is 5.91 Å². The molecule has 30 heavy (non-hydrogen) atoms. The number of rotatable bonds is 13. The van der Waals surface area contributed by atoms with Gasteiger partial charge in [-0.05, 0) is 42.8 Å². The molecule has 0 saturated carbocycles. The summed E-state index contributed by atoms with van der Waals surface area (Å²) in [6, 6.07) is 10.9. The number of hydrogen-bond acceptors (Lipinski definition) is 5. The summed E-state index contributed by atoms with van der Waals surface area (Å²) in [5.41, 5.74) is 1.56. The molecule has 1 amide bonds. The summed E-state index contributed by atoms with van der Waals surface area (Å²) in [4.78, 5) is 12.1. The Morgan fingerprint density at radius 2 is 1.53 bits per heavy atom. The molecule has 0 spiro atoms. The van der Waals surface area contributed by atoms with Gasteiger partial charge in [0.05, 0.1) is 6.26 Å². The number of nitrogens with zero attached hydrogens (tertiary/aromatic N) is 2. The molecule has 0 aliphatic rings. The van der Waals surface area contributed by atoms with Crippen LogP contribution in [0.25, 0.3) is 23.1 Å². The standard InChI is InChI=1S/C24H31N3O3/c1-2-3-4-5-6-7-8-9-10-13-22(28)25-20-16-14-19(15-17-20)23-26-27-24(30-23)21-12-11-18-29-21/h11-12,14-18H,2-10,13H2,1H3,(H,25,28). The zero-order valence-electron chi connectivity index (χ0n) is 17.7. The van der Waals surface area contributed by atoms with Gasteiger partial charge in [0.1, 0.15) is 0 Å². The average molecular weight is 410 g/mol. The highest BCUT2D eigenvalue weighted by Gasteiger charge is 2.12. The maximum Gasteiger partial charge on any atom is 0.283 e. The van der Waals surface area contributed by atoms with Crippen LogP contribution in [0.15, 0.2) is 51.5 Å². The molecule has 160 valence electrons.